The largest absolute Gasteiger partial charge is 0.399 e. The first-order chi connectivity index (χ1) is 9.63. The van der Waals surface area contributed by atoms with Crippen LogP contribution in [-0.4, -0.2) is 32.3 Å². The topological polar surface area (TPSA) is 73.6 Å². The molecule has 0 heterocycles. The Morgan fingerprint density at radius 3 is 2.55 bits per heavy atom. The molecule has 0 aliphatic rings. The minimum absolute atomic E-state index is 0.0626. The van der Waals surface area contributed by atoms with E-state index in [-0.39, 0.29) is 5.91 Å². The van der Waals surface area contributed by atoms with Gasteiger partial charge in [-0.25, -0.2) is 0 Å². The van der Waals surface area contributed by atoms with E-state index in [1.807, 2.05) is 19.1 Å². The van der Waals surface area contributed by atoms with E-state index in [2.05, 4.69) is 12.2 Å². The molecular weight excluding hydrogens is 256 g/mol. The number of amides is 1. The Labute approximate surface area is 120 Å². The van der Waals surface area contributed by atoms with E-state index in [1.54, 1.807) is 6.07 Å². The molecular formula is C15H24N2O3. The van der Waals surface area contributed by atoms with Crippen LogP contribution in [0.4, 0.5) is 11.4 Å². The second-order valence-electron chi connectivity index (χ2n) is 4.60. The second kappa shape index (κ2) is 9.34. The smallest absolute Gasteiger partial charge is 0.226 e. The monoisotopic (exact) mass is 280 g/mol. The van der Waals surface area contributed by atoms with Gasteiger partial charge in [-0.3, -0.25) is 4.79 Å². The molecule has 0 saturated heterocycles. The SMILES string of the molecule is CCCOCCOCCC(=O)Nc1ccc(N)cc1C. The lowest BCUT2D eigenvalue weighted by molar-refractivity contribution is -0.117. The molecule has 0 aliphatic heterocycles. The normalized spacial score (nSPS) is 10.5. The molecule has 0 fully saturated rings. The summed E-state index contributed by atoms with van der Waals surface area (Å²) in [5.74, 6) is -0.0626. The molecule has 3 N–H and O–H groups in total. The maximum absolute atomic E-state index is 11.7. The highest BCUT2D eigenvalue weighted by Gasteiger charge is 2.04. The molecule has 5 heteroatoms. The lowest BCUT2D eigenvalue weighted by atomic mass is 10.2. The number of nitrogens with two attached hydrogens (primary N) is 1. The summed E-state index contributed by atoms with van der Waals surface area (Å²) < 4.78 is 10.6. The van der Waals surface area contributed by atoms with Crippen LogP contribution in [0.25, 0.3) is 0 Å². The first-order valence-electron chi connectivity index (χ1n) is 6.95. The summed E-state index contributed by atoms with van der Waals surface area (Å²) in [4.78, 5) is 11.7. The van der Waals surface area contributed by atoms with E-state index >= 15 is 0 Å². The number of rotatable bonds is 9. The molecule has 0 aliphatic carbocycles. The predicted molar refractivity (Wildman–Crippen MR) is 80.8 cm³/mol. The second-order valence-corrected chi connectivity index (χ2v) is 4.60. The summed E-state index contributed by atoms with van der Waals surface area (Å²) in [6, 6.07) is 5.41. The van der Waals surface area contributed by atoms with Crippen molar-refractivity contribution in [2.45, 2.75) is 26.7 Å². The van der Waals surface area contributed by atoms with Crippen LogP contribution in [0.1, 0.15) is 25.3 Å². The fraction of sp³-hybridized carbons (Fsp3) is 0.533. The van der Waals surface area contributed by atoms with Crippen LogP contribution in [-0.2, 0) is 14.3 Å². The predicted octanol–water partition coefficient (Wildman–Crippen LogP) is 2.35. The zero-order valence-corrected chi connectivity index (χ0v) is 12.3. The minimum atomic E-state index is -0.0626. The van der Waals surface area contributed by atoms with E-state index in [0.29, 0.717) is 31.9 Å². The standard InChI is InChI=1S/C15H24N2O3/c1-3-7-19-9-10-20-8-6-15(18)17-14-5-4-13(16)11-12(14)2/h4-5,11H,3,6-10,16H2,1-2H3,(H,17,18). The van der Waals surface area contributed by atoms with E-state index in [1.165, 1.54) is 0 Å². The van der Waals surface area contributed by atoms with Crippen LogP contribution in [0.15, 0.2) is 18.2 Å². The highest BCUT2D eigenvalue weighted by molar-refractivity contribution is 5.91. The molecule has 1 aromatic rings. The minimum Gasteiger partial charge on any atom is -0.399 e. The molecule has 1 amide bonds. The molecule has 0 aromatic heterocycles. The van der Waals surface area contributed by atoms with E-state index < -0.39 is 0 Å². The van der Waals surface area contributed by atoms with Crippen LogP contribution < -0.4 is 11.1 Å². The number of aryl methyl sites for hydroxylation is 1. The van der Waals surface area contributed by atoms with E-state index in [4.69, 9.17) is 15.2 Å². The Kier molecular flexibility index (Phi) is 7.69. The third-order valence-corrected chi connectivity index (χ3v) is 2.72. The number of anilines is 2. The summed E-state index contributed by atoms with van der Waals surface area (Å²) in [6.07, 6.45) is 1.33. The zero-order valence-electron chi connectivity index (χ0n) is 12.3. The fourth-order valence-corrected chi connectivity index (χ4v) is 1.67. The van der Waals surface area contributed by atoms with Gasteiger partial charge in [-0.15, -0.1) is 0 Å². The highest BCUT2D eigenvalue weighted by Crippen LogP contribution is 2.17. The Balaban J connectivity index is 2.17. The van der Waals surface area contributed by atoms with Crippen molar-refractivity contribution in [3.63, 3.8) is 0 Å². The van der Waals surface area contributed by atoms with Crippen molar-refractivity contribution in [2.75, 3.05) is 37.5 Å². The molecule has 5 nitrogen and oxygen atoms in total. The van der Waals surface area contributed by atoms with Gasteiger partial charge in [0.05, 0.1) is 26.2 Å². The third kappa shape index (κ3) is 6.54. The van der Waals surface area contributed by atoms with Gasteiger partial charge in [0, 0.05) is 18.0 Å². The summed E-state index contributed by atoms with van der Waals surface area (Å²) >= 11 is 0. The average Bonchev–Trinajstić information content (AvgIpc) is 2.41. The van der Waals surface area contributed by atoms with Crippen molar-refractivity contribution < 1.29 is 14.3 Å². The first-order valence-corrected chi connectivity index (χ1v) is 6.95. The van der Waals surface area contributed by atoms with Gasteiger partial charge in [-0.05, 0) is 37.1 Å². The van der Waals surface area contributed by atoms with Gasteiger partial charge in [0.1, 0.15) is 0 Å². The van der Waals surface area contributed by atoms with Crippen molar-refractivity contribution >= 4 is 17.3 Å². The van der Waals surface area contributed by atoms with Crippen molar-refractivity contribution in [3.8, 4) is 0 Å². The van der Waals surface area contributed by atoms with Gasteiger partial charge in [-0.2, -0.15) is 0 Å². The summed E-state index contributed by atoms with van der Waals surface area (Å²) in [5.41, 5.74) is 8.09. The van der Waals surface area contributed by atoms with Crippen LogP contribution in [0, 0.1) is 6.92 Å². The van der Waals surface area contributed by atoms with Crippen LogP contribution in [0.3, 0.4) is 0 Å². The summed E-state index contributed by atoms with van der Waals surface area (Å²) in [7, 11) is 0. The quantitative estimate of drug-likeness (QED) is 0.538. The first kappa shape index (κ1) is 16.5. The van der Waals surface area contributed by atoms with Crippen molar-refractivity contribution in [1.29, 1.82) is 0 Å². The lowest BCUT2D eigenvalue weighted by Gasteiger charge is -2.09. The number of carbonyl (C=O) groups excluding carboxylic acids is 1. The molecule has 1 rings (SSSR count). The average molecular weight is 280 g/mol. The molecule has 0 spiro atoms. The van der Waals surface area contributed by atoms with Crippen molar-refractivity contribution in [3.05, 3.63) is 23.8 Å². The van der Waals surface area contributed by atoms with Crippen LogP contribution in [0.2, 0.25) is 0 Å². The summed E-state index contributed by atoms with van der Waals surface area (Å²) in [5, 5.41) is 2.84. The third-order valence-electron chi connectivity index (χ3n) is 2.72. The Hall–Kier alpha value is -1.59. The molecule has 112 valence electrons. The Morgan fingerprint density at radius 2 is 1.90 bits per heavy atom. The molecule has 20 heavy (non-hydrogen) atoms. The lowest BCUT2D eigenvalue weighted by Crippen LogP contribution is -2.16. The molecule has 0 radical (unpaired) electrons. The number of hydrogen-bond donors (Lipinski definition) is 2. The molecule has 1 aromatic carbocycles. The van der Waals surface area contributed by atoms with Crippen molar-refractivity contribution in [1.82, 2.24) is 0 Å². The van der Waals surface area contributed by atoms with Crippen LogP contribution in [0.5, 0.6) is 0 Å². The molecule has 0 saturated carbocycles. The molecule has 0 unspecified atom stereocenters. The fourth-order valence-electron chi connectivity index (χ4n) is 1.67. The van der Waals surface area contributed by atoms with Gasteiger partial charge < -0.3 is 20.5 Å². The zero-order chi connectivity index (χ0) is 14.8. The summed E-state index contributed by atoms with van der Waals surface area (Å²) in [6.45, 7) is 6.22. The Morgan fingerprint density at radius 1 is 1.20 bits per heavy atom. The Bertz CT molecular complexity index is 422. The number of benzene rings is 1. The number of nitrogens with one attached hydrogen (secondary N) is 1. The number of hydrogen-bond acceptors (Lipinski definition) is 4. The molecule has 0 atom stereocenters. The van der Waals surface area contributed by atoms with E-state index in [9.17, 15) is 4.79 Å². The van der Waals surface area contributed by atoms with Gasteiger partial charge in [0.25, 0.3) is 0 Å². The van der Waals surface area contributed by atoms with Crippen molar-refractivity contribution in [2.24, 2.45) is 0 Å². The molecule has 0 bridgehead atoms. The highest BCUT2D eigenvalue weighted by atomic mass is 16.5. The van der Waals surface area contributed by atoms with Gasteiger partial charge in [-0.1, -0.05) is 6.92 Å². The van der Waals surface area contributed by atoms with E-state index in [0.717, 1.165) is 24.3 Å². The van der Waals surface area contributed by atoms with Crippen LogP contribution >= 0.6 is 0 Å². The van der Waals surface area contributed by atoms with Gasteiger partial charge in [0.15, 0.2) is 0 Å². The van der Waals surface area contributed by atoms with Gasteiger partial charge in [0.2, 0.25) is 5.91 Å². The number of ether oxygens (including phenoxy) is 2. The number of carbonyl (C=O) groups is 1. The maximum atomic E-state index is 11.7. The number of nitrogen functional groups attached to an aromatic ring is 1. The maximum Gasteiger partial charge on any atom is 0.226 e. The van der Waals surface area contributed by atoms with Gasteiger partial charge >= 0.3 is 0 Å².